The smallest absolute Gasteiger partial charge is 0.293 e. The van der Waals surface area contributed by atoms with Crippen molar-refractivity contribution in [3.05, 3.63) is 93.9 Å². The first kappa shape index (κ1) is 23.7. The van der Waals surface area contributed by atoms with Gasteiger partial charge in [-0.25, -0.2) is 0 Å². The van der Waals surface area contributed by atoms with Crippen molar-refractivity contribution in [1.82, 2.24) is 4.90 Å². The molecule has 4 rings (SSSR count). The summed E-state index contributed by atoms with van der Waals surface area (Å²) in [5.41, 5.74) is 1.64. The van der Waals surface area contributed by atoms with E-state index in [0.717, 1.165) is 22.2 Å². The fraction of sp³-hybridized carbons (Fsp3) is 0.154. The number of ether oxygens (including phenoxy) is 3. The Bertz CT molecular complexity index is 1210. The predicted molar refractivity (Wildman–Crippen MR) is 133 cm³/mol. The number of rotatable bonds is 9. The molecular weight excluding hydrogens is 474 g/mol. The summed E-state index contributed by atoms with van der Waals surface area (Å²) in [4.78, 5) is 26.9. The number of halogens is 1. The molecular formula is C26H22ClNO5S. The van der Waals surface area contributed by atoms with E-state index in [2.05, 4.69) is 0 Å². The van der Waals surface area contributed by atoms with Crippen molar-refractivity contribution in [2.45, 2.75) is 6.61 Å². The fourth-order valence-electron chi connectivity index (χ4n) is 3.33. The minimum Gasteiger partial charge on any atom is -0.493 e. The third-order valence-electron chi connectivity index (χ3n) is 5.02. The van der Waals surface area contributed by atoms with Gasteiger partial charge in [-0.2, -0.15) is 0 Å². The van der Waals surface area contributed by atoms with Crippen molar-refractivity contribution in [2.75, 3.05) is 20.3 Å². The lowest BCUT2D eigenvalue weighted by Crippen LogP contribution is -2.32. The SMILES string of the molecule is COc1cccc(/C=C2\SC(=O)N(CCOc3ccccc3Cl)C2=O)c1OCc1ccccc1. The lowest BCUT2D eigenvalue weighted by atomic mass is 10.1. The summed E-state index contributed by atoms with van der Waals surface area (Å²) < 4.78 is 17.1. The highest BCUT2D eigenvalue weighted by Gasteiger charge is 2.35. The summed E-state index contributed by atoms with van der Waals surface area (Å²) in [7, 11) is 1.56. The Morgan fingerprint density at radius 3 is 2.41 bits per heavy atom. The monoisotopic (exact) mass is 495 g/mol. The first-order chi connectivity index (χ1) is 16.6. The fourth-order valence-corrected chi connectivity index (χ4v) is 4.38. The third-order valence-corrected chi connectivity index (χ3v) is 6.24. The molecule has 0 atom stereocenters. The van der Waals surface area contributed by atoms with Gasteiger partial charge in [-0.1, -0.05) is 66.2 Å². The van der Waals surface area contributed by atoms with Crippen LogP contribution in [-0.2, 0) is 11.4 Å². The molecule has 0 saturated carbocycles. The molecule has 2 amide bonds. The first-order valence-electron chi connectivity index (χ1n) is 10.5. The van der Waals surface area contributed by atoms with E-state index in [1.807, 2.05) is 42.5 Å². The maximum atomic E-state index is 12.9. The molecule has 174 valence electrons. The van der Waals surface area contributed by atoms with Crippen molar-refractivity contribution in [3.8, 4) is 17.2 Å². The summed E-state index contributed by atoms with van der Waals surface area (Å²) in [6, 6.07) is 22.2. The molecule has 1 aliphatic rings. The molecule has 1 fully saturated rings. The molecule has 0 aliphatic carbocycles. The average Bonchev–Trinajstić information content (AvgIpc) is 3.12. The molecule has 0 bridgehead atoms. The van der Waals surface area contributed by atoms with Crippen LogP contribution in [0.1, 0.15) is 11.1 Å². The maximum Gasteiger partial charge on any atom is 0.293 e. The standard InChI is InChI=1S/C26H22ClNO5S/c1-31-22-13-7-10-19(24(22)33-17-18-8-3-2-4-9-18)16-23-25(29)28(26(30)34-23)14-15-32-21-12-6-5-11-20(21)27/h2-13,16H,14-15,17H2,1H3/b23-16-. The second-order valence-corrected chi connectivity index (χ2v) is 8.67. The van der Waals surface area contributed by atoms with Crippen LogP contribution >= 0.6 is 23.4 Å². The minimum absolute atomic E-state index is 0.114. The van der Waals surface area contributed by atoms with Gasteiger partial charge in [-0.05, 0) is 41.6 Å². The lowest BCUT2D eigenvalue weighted by molar-refractivity contribution is -0.123. The van der Waals surface area contributed by atoms with Gasteiger partial charge in [0.25, 0.3) is 11.1 Å². The largest absolute Gasteiger partial charge is 0.493 e. The van der Waals surface area contributed by atoms with Gasteiger partial charge in [0, 0.05) is 5.56 Å². The number of carbonyl (C=O) groups is 2. The zero-order chi connectivity index (χ0) is 23.9. The highest BCUT2D eigenvalue weighted by molar-refractivity contribution is 8.18. The average molecular weight is 496 g/mol. The maximum absolute atomic E-state index is 12.9. The molecule has 6 nitrogen and oxygen atoms in total. The van der Waals surface area contributed by atoms with Gasteiger partial charge in [0.15, 0.2) is 11.5 Å². The molecule has 0 radical (unpaired) electrons. The number of hydrogen-bond donors (Lipinski definition) is 0. The molecule has 1 heterocycles. The number of hydrogen-bond acceptors (Lipinski definition) is 6. The van der Waals surface area contributed by atoms with E-state index < -0.39 is 0 Å². The summed E-state index contributed by atoms with van der Waals surface area (Å²) in [5.74, 6) is 1.16. The van der Waals surface area contributed by atoms with Crippen LogP contribution in [-0.4, -0.2) is 36.3 Å². The Kier molecular flexibility index (Phi) is 7.77. The number of amides is 2. The van der Waals surface area contributed by atoms with Crippen molar-refractivity contribution < 1.29 is 23.8 Å². The second kappa shape index (κ2) is 11.1. The van der Waals surface area contributed by atoms with Crippen LogP contribution in [0, 0.1) is 0 Å². The number of methoxy groups -OCH3 is 1. The predicted octanol–water partition coefficient (Wildman–Crippen LogP) is 6.04. The van der Waals surface area contributed by atoms with Crippen molar-refractivity contribution >= 4 is 40.6 Å². The van der Waals surface area contributed by atoms with E-state index in [4.69, 9.17) is 25.8 Å². The quantitative estimate of drug-likeness (QED) is 0.337. The zero-order valence-corrected chi connectivity index (χ0v) is 20.0. The summed E-state index contributed by atoms with van der Waals surface area (Å²) in [6.45, 7) is 0.589. The van der Waals surface area contributed by atoms with Crippen LogP contribution < -0.4 is 14.2 Å². The first-order valence-corrected chi connectivity index (χ1v) is 11.7. The van der Waals surface area contributed by atoms with E-state index in [9.17, 15) is 9.59 Å². The highest BCUT2D eigenvalue weighted by atomic mass is 35.5. The summed E-state index contributed by atoms with van der Waals surface area (Å²) in [5, 5.41) is 0.117. The van der Waals surface area contributed by atoms with Gasteiger partial charge in [-0.15, -0.1) is 0 Å². The second-order valence-electron chi connectivity index (χ2n) is 7.27. The van der Waals surface area contributed by atoms with Crippen molar-refractivity contribution in [3.63, 3.8) is 0 Å². The van der Waals surface area contributed by atoms with Gasteiger partial charge in [0.05, 0.1) is 23.6 Å². The molecule has 0 unspecified atom stereocenters. The zero-order valence-electron chi connectivity index (χ0n) is 18.4. The van der Waals surface area contributed by atoms with Gasteiger partial charge < -0.3 is 14.2 Å². The van der Waals surface area contributed by atoms with Crippen LogP contribution in [0.25, 0.3) is 6.08 Å². The molecule has 0 aromatic heterocycles. The Labute approximate surface area is 207 Å². The van der Waals surface area contributed by atoms with Crippen LogP contribution in [0.15, 0.2) is 77.7 Å². The molecule has 3 aromatic carbocycles. The number of imide groups is 1. The van der Waals surface area contributed by atoms with Gasteiger partial charge in [-0.3, -0.25) is 14.5 Å². The molecule has 0 spiro atoms. The molecule has 3 aromatic rings. The normalized spacial score (nSPS) is 14.5. The Hall–Kier alpha value is -3.42. The van der Waals surface area contributed by atoms with Crippen LogP contribution in [0.4, 0.5) is 4.79 Å². The molecule has 0 N–H and O–H groups in total. The molecule has 1 saturated heterocycles. The number of benzene rings is 3. The van der Waals surface area contributed by atoms with E-state index in [1.54, 1.807) is 43.5 Å². The highest BCUT2D eigenvalue weighted by Crippen LogP contribution is 2.37. The van der Waals surface area contributed by atoms with Crippen molar-refractivity contribution in [2.24, 2.45) is 0 Å². The molecule has 34 heavy (non-hydrogen) atoms. The number of carbonyl (C=O) groups excluding carboxylic acids is 2. The minimum atomic E-state index is -0.380. The Morgan fingerprint density at radius 1 is 0.912 bits per heavy atom. The van der Waals surface area contributed by atoms with Crippen LogP contribution in [0.2, 0.25) is 5.02 Å². The van der Waals surface area contributed by atoms with Crippen LogP contribution in [0.5, 0.6) is 17.2 Å². The topological polar surface area (TPSA) is 65.1 Å². The molecule has 1 aliphatic heterocycles. The molecule has 8 heteroatoms. The van der Waals surface area contributed by atoms with E-state index >= 15 is 0 Å². The van der Waals surface area contributed by atoms with Crippen LogP contribution in [0.3, 0.4) is 0 Å². The summed E-state index contributed by atoms with van der Waals surface area (Å²) >= 11 is 6.97. The van der Waals surface area contributed by atoms with Gasteiger partial charge >= 0.3 is 0 Å². The number of thioether (sulfide) groups is 1. The van der Waals surface area contributed by atoms with E-state index in [1.165, 1.54) is 0 Å². The number of nitrogens with zero attached hydrogens (tertiary/aromatic N) is 1. The van der Waals surface area contributed by atoms with Gasteiger partial charge in [0.2, 0.25) is 0 Å². The van der Waals surface area contributed by atoms with E-state index in [0.29, 0.717) is 39.3 Å². The Morgan fingerprint density at radius 2 is 1.65 bits per heavy atom. The Balaban J connectivity index is 1.48. The summed E-state index contributed by atoms with van der Waals surface area (Å²) in [6.07, 6.45) is 1.66. The number of para-hydroxylation sites is 2. The van der Waals surface area contributed by atoms with Crippen molar-refractivity contribution in [1.29, 1.82) is 0 Å². The third kappa shape index (κ3) is 5.55. The van der Waals surface area contributed by atoms with E-state index in [-0.39, 0.29) is 24.3 Å². The van der Waals surface area contributed by atoms with Gasteiger partial charge in [0.1, 0.15) is 19.0 Å². The lowest BCUT2D eigenvalue weighted by Gasteiger charge is -2.14.